The summed E-state index contributed by atoms with van der Waals surface area (Å²) in [5, 5.41) is 14.2. The number of hydrogen-bond acceptors (Lipinski definition) is 4. The molecule has 114 valence electrons. The number of carbonyl (C=O) groups is 3. The smallest absolute Gasteiger partial charge is 0.315 e. The summed E-state index contributed by atoms with van der Waals surface area (Å²) in [5.74, 6) is -1.18. The molecular weight excluding hydrogens is 266 g/mol. The number of rotatable bonds is 5. The van der Waals surface area contributed by atoms with Crippen molar-refractivity contribution >= 4 is 17.9 Å². The molecule has 0 aromatic rings. The summed E-state index contributed by atoms with van der Waals surface area (Å²) in [7, 11) is 3.17. The Morgan fingerprint density at radius 3 is 2.30 bits per heavy atom. The molecule has 0 atom stereocenters. The number of aliphatic carboxylic acids is 1. The predicted octanol–water partition coefficient (Wildman–Crippen LogP) is -0.745. The van der Waals surface area contributed by atoms with E-state index in [9.17, 15) is 19.5 Å². The van der Waals surface area contributed by atoms with Crippen molar-refractivity contribution in [3.05, 3.63) is 0 Å². The van der Waals surface area contributed by atoms with Gasteiger partial charge in [0, 0.05) is 33.9 Å². The van der Waals surface area contributed by atoms with E-state index in [0.29, 0.717) is 26.1 Å². The summed E-state index contributed by atoms with van der Waals surface area (Å²) in [6.07, 6.45) is 0.721. The van der Waals surface area contributed by atoms with Crippen molar-refractivity contribution in [2.75, 3.05) is 40.4 Å². The lowest BCUT2D eigenvalue weighted by Gasteiger charge is -2.33. The van der Waals surface area contributed by atoms with Crippen LogP contribution in [0.4, 0.5) is 4.79 Å². The molecule has 8 heteroatoms. The average molecular weight is 287 g/mol. The molecule has 1 aliphatic rings. The molecule has 0 aromatic heterocycles. The first-order valence-electron chi connectivity index (χ1n) is 6.40. The van der Waals surface area contributed by atoms with Crippen LogP contribution in [-0.2, 0) is 14.3 Å². The van der Waals surface area contributed by atoms with Crippen LogP contribution < -0.4 is 10.6 Å². The first kappa shape index (κ1) is 16.2. The minimum absolute atomic E-state index is 0.0215. The van der Waals surface area contributed by atoms with Crippen molar-refractivity contribution < 1.29 is 24.2 Å². The van der Waals surface area contributed by atoms with Gasteiger partial charge in [-0.05, 0) is 12.8 Å². The molecule has 8 nitrogen and oxygen atoms in total. The number of carboxylic acids is 1. The number of urea groups is 1. The molecular formula is C12H21N3O5. The lowest BCUT2D eigenvalue weighted by atomic mass is 9.80. The van der Waals surface area contributed by atoms with Gasteiger partial charge in [0.2, 0.25) is 5.91 Å². The number of carbonyl (C=O) groups excluding carboxylic acids is 2. The van der Waals surface area contributed by atoms with Gasteiger partial charge in [0.1, 0.15) is 0 Å². The van der Waals surface area contributed by atoms with E-state index in [0.717, 1.165) is 0 Å². The Morgan fingerprint density at radius 1 is 1.20 bits per heavy atom. The number of likely N-dealkylation sites (N-methyl/N-ethyl adjacent to an activating group) is 1. The maximum absolute atomic E-state index is 11.6. The molecule has 1 heterocycles. The number of carboxylic acid groups (broad SMARTS) is 1. The normalized spacial score (nSPS) is 17.1. The molecule has 3 amide bonds. The van der Waals surface area contributed by atoms with Crippen LogP contribution >= 0.6 is 0 Å². The summed E-state index contributed by atoms with van der Waals surface area (Å²) in [4.78, 5) is 35.6. The van der Waals surface area contributed by atoms with Gasteiger partial charge in [-0.25, -0.2) is 4.79 Å². The Labute approximate surface area is 117 Å². The van der Waals surface area contributed by atoms with E-state index in [2.05, 4.69) is 10.6 Å². The summed E-state index contributed by atoms with van der Waals surface area (Å²) in [6, 6.07) is -0.549. The zero-order valence-electron chi connectivity index (χ0n) is 11.8. The molecule has 1 rings (SSSR count). The molecule has 3 N–H and O–H groups in total. The van der Waals surface area contributed by atoms with E-state index >= 15 is 0 Å². The maximum Gasteiger partial charge on any atom is 0.315 e. The third-order valence-electron chi connectivity index (χ3n) is 3.39. The van der Waals surface area contributed by atoms with E-state index in [1.165, 1.54) is 4.90 Å². The molecule has 0 spiro atoms. The van der Waals surface area contributed by atoms with E-state index in [1.807, 2.05) is 0 Å². The van der Waals surface area contributed by atoms with E-state index in [-0.39, 0.29) is 19.0 Å². The molecule has 20 heavy (non-hydrogen) atoms. The molecule has 0 aromatic carbocycles. The minimum atomic E-state index is -0.985. The molecule has 0 saturated carbocycles. The number of amides is 3. The second kappa shape index (κ2) is 7.09. The molecule has 0 unspecified atom stereocenters. The molecule has 0 aliphatic carbocycles. The highest BCUT2D eigenvalue weighted by molar-refractivity contribution is 5.84. The average Bonchev–Trinajstić information content (AvgIpc) is 2.43. The van der Waals surface area contributed by atoms with Gasteiger partial charge >= 0.3 is 12.0 Å². The quantitative estimate of drug-likeness (QED) is 0.617. The summed E-state index contributed by atoms with van der Waals surface area (Å²) in [5.41, 5.74) is -0.985. The van der Waals surface area contributed by atoms with Crippen molar-refractivity contribution in [2.24, 2.45) is 5.41 Å². The fourth-order valence-electron chi connectivity index (χ4n) is 1.85. The fourth-order valence-corrected chi connectivity index (χ4v) is 1.85. The van der Waals surface area contributed by atoms with Crippen LogP contribution in [0, 0.1) is 5.41 Å². The van der Waals surface area contributed by atoms with Gasteiger partial charge in [-0.15, -0.1) is 0 Å². The maximum atomic E-state index is 11.6. The van der Waals surface area contributed by atoms with Crippen LogP contribution in [0.2, 0.25) is 0 Å². The van der Waals surface area contributed by atoms with Crippen molar-refractivity contribution in [3.63, 3.8) is 0 Å². The highest BCUT2D eigenvalue weighted by atomic mass is 16.5. The molecule has 1 saturated heterocycles. The molecule has 0 radical (unpaired) electrons. The SMILES string of the molecule is CN(C)C(=O)CNC(=O)NCC1(C(=O)O)CCOCC1. The summed E-state index contributed by atoms with van der Waals surface area (Å²) < 4.78 is 5.15. The van der Waals surface area contributed by atoms with Crippen LogP contribution in [0.3, 0.4) is 0 Å². The first-order chi connectivity index (χ1) is 9.37. The Kier molecular flexibility index (Phi) is 5.75. The Morgan fingerprint density at radius 2 is 1.80 bits per heavy atom. The second-order valence-electron chi connectivity index (χ2n) is 5.02. The second-order valence-corrected chi connectivity index (χ2v) is 5.02. The van der Waals surface area contributed by atoms with Crippen LogP contribution in [0.5, 0.6) is 0 Å². The fraction of sp³-hybridized carbons (Fsp3) is 0.750. The van der Waals surface area contributed by atoms with Crippen molar-refractivity contribution in [1.82, 2.24) is 15.5 Å². The Hall–Kier alpha value is -1.83. The van der Waals surface area contributed by atoms with Gasteiger partial charge in [-0.1, -0.05) is 0 Å². The minimum Gasteiger partial charge on any atom is -0.481 e. The van der Waals surface area contributed by atoms with Gasteiger partial charge in [0.05, 0.1) is 12.0 Å². The van der Waals surface area contributed by atoms with Crippen molar-refractivity contribution in [2.45, 2.75) is 12.8 Å². The lowest BCUT2D eigenvalue weighted by molar-refractivity contribution is -0.154. The summed E-state index contributed by atoms with van der Waals surface area (Å²) in [6.45, 7) is 0.638. The molecule has 1 aliphatic heterocycles. The Balaban J connectivity index is 2.42. The van der Waals surface area contributed by atoms with Crippen LogP contribution in [0.15, 0.2) is 0 Å². The highest BCUT2D eigenvalue weighted by Crippen LogP contribution is 2.29. The van der Waals surface area contributed by atoms with Crippen LogP contribution in [-0.4, -0.2) is 68.3 Å². The zero-order chi connectivity index (χ0) is 15.2. The summed E-state index contributed by atoms with van der Waals surface area (Å²) >= 11 is 0. The lowest BCUT2D eigenvalue weighted by Crippen LogP contribution is -2.49. The third kappa shape index (κ3) is 4.37. The number of ether oxygens (including phenoxy) is 1. The molecule has 0 bridgehead atoms. The highest BCUT2D eigenvalue weighted by Gasteiger charge is 2.40. The van der Waals surface area contributed by atoms with E-state index in [1.54, 1.807) is 14.1 Å². The Bertz CT molecular complexity index is 377. The first-order valence-corrected chi connectivity index (χ1v) is 6.40. The van der Waals surface area contributed by atoms with Gasteiger partial charge < -0.3 is 25.4 Å². The van der Waals surface area contributed by atoms with E-state index in [4.69, 9.17) is 4.74 Å². The van der Waals surface area contributed by atoms with Gasteiger partial charge in [0.25, 0.3) is 0 Å². The number of hydrogen-bond donors (Lipinski definition) is 3. The standard InChI is InChI=1S/C12H21N3O5/c1-15(2)9(16)7-13-11(19)14-8-12(10(17)18)3-5-20-6-4-12/h3-8H2,1-2H3,(H,17,18)(H2,13,14,19). The monoisotopic (exact) mass is 287 g/mol. The third-order valence-corrected chi connectivity index (χ3v) is 3.39. The van der Waals surface area contributed by atoms with Crippen LogP contribution in [0.25, 0.3) is 0 Å². The molecule has 1 fully saturated rings. The van der Waals surface area contributed by atoms with Crippen molar-refractivity contribution in [1.29, 1.82) is 0 Å². The number of nitrogens with zero attached hydrogens (tertiary/aromatic N) is 1. The zero-order valence-corrected chi connectivity index (χ0v) is 11.8. The number of nitrogens with one attached hydrogen (secondary N) is 2. The topological polar surface area (TPSA) is 108 Å². The van der Waals surface area contributed by atoms with Gasteiger partial charge in [0.15, 0.2) is 0 Å². The van der Waals surface area contributed by atoms with Gasteiger partial charge in [-0.2, -0.15) is 0 Å². The van der Waals surface area contributed by atoms with Crippen molar-refractivity contribution in [3.8, 4) is 0 Å². The van der Waals surface area contributed by atoms with E-state index < -0.39 is 17.4 Å². The van der Waals surface area contributed by atoms with Crippen LogP contribution in [0.1, 0.15) is 12.8 Å². The van der Waals surface area contributed by atoms with Gasteiger partial charge in [-0.3, -0.25) is 9.59 Å². The predicted molar refractivity (Wildman–Crippen MR) is 70.2 cm³/mol. The largest absolute Gasteiger partial charge is 0.481 e.